The molecule has 3 amide bonds. The molecule has 2 fully saturated rings. The number of carbonyl (C=O) groups excluding carboxylic acids is 3. The van der Waals surface area contributed by atoms with Gasteiger partial charge in [0.25, 0.3) is 0 Å². The summed E-state index contributed by atoms with van der Waals surface area (Å²) in [6.45, 7) is 2.72. The Labute approximate surface area is 132 Å². The Kier molecular flexibility index (Phi) is 6.21. The second-order valence-electron chi connectivity index (χ2n) is 6.31. The molecule has 1 atom stereocenters. The molecule has 2 heterocycles. The van der Waals surface area contributed by atoms with Crippen LogP contribution in [0.25, 0.3) is 0 Å². The fourth-order valence-electron chi connectivity index (χ4n) is 3.25. The van der Waals surface area contributed by atoms with Crippen molar-refractivity contribution >= 4 is 17.7 Å². The standard InChI is InChI=1S/C16H27N3O3/c1-17-14(20)11-13-6-9-19(12-13)16(22)7-10-18-8-4-2-3-5-15(18)21/h13H,2-12H2,1H3,(H,17,20)/t13-/m0/s1. The Bertz CT molecular complexity index is 425. The summed E-state index contributed by atoms with van der Waals surface area (Å²) in [4.78, 5) is 39.2. The number of amides is 3. The van der Waals surface area contributed by atoms with E-state index in [9.17, 15) is 14.4 Å². The molecule has 1 N–H and O–H groups in total. The molecule has 0 radical (unpaired) electrons. The fourth-order valence-corrected chi connectivity index (χ4v) is 3.25. The minimum absolute atomic E-state index is 0.0365. The van der Waals surface area contributed by atoms with Crippen LogP contribution in [0.15, 0.2) is 0 Å². The zero-order chi connectivity index (χ0) is 15.9. The van der Waals surface area contributed by atoms with Crippen LogP contribution in [0.4, 0.5) is 0 Å². The molecule has 0 aromatic heterocycles. The van der Waals surface area contributed by atoms with Gasteiger partial charge in [0.05, 0.1) is 0 Å². The lowest BCUT2D eigenvalue weighted by Gasteiger charge is -2.22. The van der Waals surface area contributed by atoms with Crippen molar-refractivity contribution in [3.63, 3.8) is 0 Å². The quantitative estimate of drug-likeness (QED) is 0.815. The maximum atomic E-state index is 12.3. The molecular weight excluding hydrogens is 282 g/mol. The van der Waals surface area contributed by atoms with Crippen LogP contribution in [0.1, 0.15) is 44.9 Å². The van der Waals surface area contributed by atoms with Gasteiger partial charge in [-0.2, -0.15) is 0 Å². The zero-order valence-electron chi connectivity index (χ0n) is 13.5. The Balaban J connectivity index is 1.73. The first-order chi connectivity index (χ1) is 10.6. The van der Waals surface area contributed by atoms with Gasteiger partial charge in [-0.05, 0) is 25.2 Å². The van der Waals surface area contributed by atoms with Gasteiger partial charge in [-0.1, -0.05) is 6.42 Å². The molecule has 124 valence electrons. The summed E-state index contributed by atoms with van der Waals surface area (Å²) in [5.41, 5.74) is 0. The summed E-state index contributed by atoms with van der Waals surface area (Å²) in [5.74, 6) is 0.596. The van der Waals surface area contributed by atoms with Gasteiger partial charge in [-0.25, -0.2) is 0 Å². The largest absolute Gasteiger partial charge is 0.359 e. The van der Waals surface area contributed by atoms with E-state index in [0.717, 1.165) is 38.8 Å². The molecule has 0 unspecified atom stereocenters. The SMILES string of the molecule is CNC(=O)C[C@@H]1CCN(C(=O)CCN2CCCCCC2=O)C1. The maximum absolute atomic E-state index is 12.3. The molecule has 6 heteroatoms. The zero-order valence-corrected chi connectivity index (χ0v) is 13.5. The lowest BCUT2D eigenvalue weighted by Crippen LogP contribution is -2.36. The molecule has 22 heavy (non-hydrogen) atoms. The van der Waals surface area contributed by atoms with Crippen LogP contribution in [0, 0.1) is 5.92 Å². The normalized spacial score (nSPS) is 22.6. The second kappa shape index (κ2) is 8.15. The molecule has 0 aromatic carbocycles. The predicted octanol–water partition coefficient (Wildman–Crippen LogP) is 0.764. The number of rotatable bonds is 5. The highest BCUT2D eigenvalue weighted by Gasteiger charge is 2.28. The van der Waals surface area contributed by atoms with E-state index >= 15 is 0 Å². The van der Waals surface area contributed by atoms with Crippen molar-refractivity contribution in [3.05, 3.63) is 0 Å². The van der Waals surface area contributed by atoms with Gasteiger partial charge in [0.15, 0.2) is 0 Å². The van der Waals surface area contributed by atoms with Crippen molar-refractivity contribution < 1.29 is 14.4 Å². The molecule has 2 aliphatic heterocycles. The van der Waals surface area contributed by atoms with Gasteiger partial charge in [0.2, 0.25) is 17.7 Å². The van der Waals surface area contributed by atoms with E-state index in [2.05, 4.69) is 5.32 Å². The van der Waals surface area contributed by atoms with Gasteiger partial charge < -0.3 is 15.1 Å². The molecular formula is C16H27N3O3. The van der Waals surface area contributed by atoms with Crippen molar-refractivity contribution in [3.8, 4) is 0 Å². The minimum Gasteiger partial charge on any atom is -0.359 e. The van der Waals surface area contributed by atoms with E-state index in [4.69, 9.17) is 0 Å². The average molecular weight is 309 g/mol. The van der Waals surface area contributed by atoms with E-state index in [1.807, 2.05) is 9.80 Å². The van der Waals surface area contributed by atoms with Crippen molar-refractivity contribution in [2.75, 3.05) is 33.2 Å². The second-order valence-corrected chi connectivity index (χ2v) is 6.31. The summed E-state index contributed by atoms with van der Waals surface area (Å²) in [7, 11) is 1.64. The van der Waals surface area contributed by atoms with E-state index < -0.39 is 0 Å². The fraction of sp³-hybridized carbons (Fsp3) is 0.812. The van der Waals surface area contributed by atoms with E-state index in [0.29, 0.717) is 32.4 Å². The van der Waals surface area contributed by atoms with Crippen molar-refractivity contribution in [2.24, 2.45) is 5.92 Å². The van der Waals surface area contributed by atoms with Gasteiger partial charge in [-0.3, -0.25) is 14.4 Å². The number of likely N-dealkylation sites (tertiary alicyclic amines) is 2. The Morgan fingerprint density at radius 1 is 1.23 bits per heavy atom. The Morgan fingerprint density at radius 2 is 2.05 bits per heavy atom. The van der Waals surface area contributed by atoms with Crippen LogP contribution < -0.4 is 5.32 Å². The van der Waals surface area contributed by atoms with Crippen molar-refractivity contribution in [1.82, 2.24) is 15.1 Å². The minimum atomic E-state index is 0.0365. The van der Waals surface area contributed by atoms with Gasteiger partial charge in [-0.15, -0.1) is 0 Å². The number of carbonyl (C=O) groups is 3. The summed E-state index contributed by atoms with van der Waals surface area (Å²) in [5, 5.41) is 2.63. The first-order valence-electron chi connectivity index (χ1n) is 8.36. The van der Waals surface area contributed by atoms with Crippen LogP contribution in [-0.2, 0) is 14.4 Å². The van der Waals surface area contributed by atoms with Gasteiger partial charge >= 0.3 is 0 Å². The average Bonchev–Trinajstić information content (AvgIpc) is 2.87. The monoisotopic (exact) mass is 309 g/mol. The smallest absolute Gasteiger partial charge is 0.224 e. The number of nitrogens with one attached hydrogen (secondary N) is 1. The maximum Gasteiger partial charge on any atom is 0.224 e. The topological polar surface area (TPSA) is 69.7 Å². The molecule has 0 saturated carbocycles. The van der Waals surface area contributed by atoms with Crippen LogP contribution in [-0.4, -0.2) is 60.7 Å². The highest BCUT2D eigenvalue weighted by Crippen LogP contribution is 2.20. The molecule has 0 bridgehead atoms. The number of hydrogen-bond donors (Lipinski definition) is 1. The molecule has 0 aliphatic carbocycles. The highest BCUT2D eigenvalue weighted by molar-refractivity contribution is 5.80. The summed E-state index contributed by atoms with van der Waals surface area (Å²) >= 11 is 0. The molecule has 2 rings (SSSR count). The first-order valence-corrected chi connectivity index (χ1v) is 8.36. The summed E-state index contributed by atoms with van der Waals surface area (Å²) in [6, 6.07) is 0. The van der Waals surface area contributed by atoms with Crippen LogP contribution in [0.5, 0.6) is 0 Å². The summed E-state index contributed by atoms with van der Waals surface area (Å²) in [6.07, 6.45) is 5.51. The van der Waals surface area contributed by atoms with Crippen LogP contribution in [0.3, 0.4) is 0 Å². The van der Waals surface area contributed by atoms with E-state index in [-0.39, 0.29) is 23.6 Å². The van der Waals surface area contributed by atoms with E-state index in [1.165, 1.54) is 0 Å². The lowest BCUT2D eigenvalue weighted by molar-refractivity contribution is -0.134. The summed E-state index contributed by atoms with van der Waals surface area (Å²) < 4.78 is 0. The van der Waals surface area contributed by atoms with Crippen LogP contribution >= 0.6 is 0 Å². The highest BCUT2D eigenvalue weighted by atomic mass is 16.2. The van der Waals surface area contributed by atoms with Crippen molar-refractivity contribution in [1.29, 1.82) is 0 Å². The Hall–Kier alpha value is -1.59. The molecule has 6 nitrogen and oxygen atoms in total. The van der Waals surface area contributed by atoms with Gasteiger partial charge in [0.1, 0.15) is 0 Å². The molecule has 2 saturated heterocycles. The van der Waals surface area contributed by atoms with Gasteiger partial charge in [0, 0.05) is 52.5 Å². The predicted molar refractivity (Wildman–Crippen MR) is 83.0 cm³/mol. The lowest BCUT2D eigenvalue weighted by atomic mass is 10.0. The third-order valence-electron chi connectivity index (χ3n) is 4.66. The van der Waals surface area contributed by atoms with E-state index in [1.54, 1.807) is 7.05 Å². The third-order valence-corrected chi connectivity index (χ3v) is 4.66. The van der Waals surface area contributed by atoms with Crippen LogP contribution in [0.2, 0.25) is 0 Å². The number of hydrogen-bond acceptors (Lipinski definition) is 3. The molecule has 2 aliphatic rings. The third kappa shape index (κ3) is 4.71. The van der Waals surface area contributed by atoms with Crippen molar-refractivity contribution in [2.45, 2.75) is 44.9 Å². The first kappa shape index (κ1) is 16.8. The number of nitrogens with zero attached hydrogens (tertiary/aromatic N) is 2. The molecule has 0 aromatic rings. The Morgan fingerprint density at radius 3 is 2.82 bits per heavy atom. The molecule has 0 spiro atoms.